The summed E-state index contributed by atoms with van der Waals surface area (Å²) in [4.78, 5) is 16.4. The van der Waals surface area contributed by atoms with Gasteiger partial charge < -0.3 is 4.90 Å². The van der Waals surface area contributed by atoms with E-state index >= 15 is 0 Å². The van der Waals surface area contributed by atoms with Crippen LogP contribution in [0.25, 0.3) is 0 Å². The minimum atomic E-state index is -2.90. The molecular formula is C14H24N2O3S. The Hall–Kier alpha value is -0.880. The summed E-state index contributed by atoms with van der Waals surface area (Å²) >= 11 is 0. The van der Waals surface area contributed by atoms with E-state index in [4.69, 9.17) is 0 Å². The Balaban J connectivity index is 1.76. The number of carbonyl (C=O) groups excluding carboxylic acids is 1. The number of allylic oxidation sites excluding steroid dienone is 2. The van der Waals surface area contributed by atoms with Crippen molar-refractivity contribution in [1.29, 1.82) is 0 Å². The van der Waals surface area contributed by atoms with E-state index in [2.05, 4.69) is 17.1 Å². The van der Waals surface area contributed by atoms with Crippen molar-refractivity contribution in [3.05, 3.63) is 12.2 Å². The fourth-order valence-corrected chi connectivity index (χ4v) is 3.35. The topological polar surface area (TPSA) is 57.7 Å². The molecule has 6 heteroatoms. The molecule has 1 atom stereocenters. The standard InChI is InChI=1S/C14H24N2O3S/c1-20(18,19)12-11-15-7-9-16(10-8-15)14(17)13-5-3-2-4-6-13/h2-3,13H,4-12H2,1H3/t13-/m1/s1. The molecule has 1 aliphatic carbocycles. The van der Waals surface area contributed by atoms with Gasteiger partial charge in [0.1, 0.15) is 9.84 Å². The van der Waals surface area contributed by atoms with Crippen molar-refractivity contribution < 1.29 is 13.2 Å². The lowest BCUT2D eigenvalue weighted by Crippen LogP contribution is -2.51. The number of nitrogens with zero attached hydrogens (tertiary/aromatic N) is 2. The van der Waals surface area contributed by atoms with Gasteiger partial charge >= 0.3 is 0 Å². The Morgan fingerprint density at radius 1 is 1.20 bits per heavy atom. The first-order valence-corrected chi connectivity index (χ1v) is 9.35. The number of hydrogen-bond acceptors (Lipinski definition) is 4. The lowest BCUT2D eigenvalue weighted by molar-refractivity contribution is -0.137. The molecule has 0 spiro atoms. The van der Waals surface area contributed by atoms with Gasteiger partial charge in [-0.15, -0.1) is 0 Å². The van der Waals surface area contributed by atoms with E-state index in [9.17, 15) is 13.2 Å². The monoisotopic (exact) mass is 300 g/mol. The SMILES string of the molecule is CS(=O)(=O)CCN1CCN(C(=O)[C@@H]2CC=CCC2)CC1. The highest BCUT2D eigenvalue weighted by molar-refractivity contribution is 7.90. The zero-order valence-electron chi connectivity index (χ0n) is 12.1. The third-order valence-corrected chi connectivity index (χ3v) is 5.00. The third-order valence-electron chi connectivity index (χ3n) is 4.08. The Kier molecular flexibility index (Phi) is 5.21. The van der Waals surface area contributed by atoms with Gasteiger partial charge in [-0.05, 0) is 19.3 Å². The molecule has 0 N–H and O–H groups in total. The Labute approximate surface area is 121 Å². The highest BCUT2D eigenvalue weighted by Crippen LogP contribution is 2.21. The molecule has 0 unspecified atom stereocenters. The zero-order chi connectivity index (χ0) is 14.6. The number of rotatable bonds is 4. The van der Waals surface area contributed by atoms with Crippen molar-refractivity contribution in [3.8, 4) is 0 Å². The molecule has 0 aromatic heterocycles. The first kappa shape index (κ1) is 15.5. The summed E-state index contributed by atoms with van der Waals surface area (Å²) in [6.45, 7) is 3.59. The van der Waals surface area contributed by atoms with Crippen molar-refractivity contribution in [2.45, 2.75) is 19.3 Å². The van der Waals surface area contributed by atoms with Crippen LogP contribution in [0.2, 0.25) is 0 Å². The highest BCUT2D eigenvalue weighted by atomic mass is 32.2. The third kappa shape index (κ3) is 4.59. The number of carbonyl (C=O) groups is 1. The molecule has 1 fully saturated rings. The van der Waals surface area contributed by atoms with Crippen molar-refractivity contribution in [3.63, 3.8) is 0 Å². The van der Waals surface area contributed by atoms with E-state index in [0.717, 1.165) is 45.4 Å². The lowest BCUT2D eigenvalue weighted by atomic mass is 9.93. The molecule has 2 rings (SSSR count). The second-order valence-electron chi connectivity index (χ2n) is 5.78. The maximum atomic E-state index is 12.4. The fourth-order valence-electron chi connectivity index (χ4n) is 2.76. The largest absolute Gasteiger partial charge is 0.340 e. The summed E-state index contributed by atoms with van der Waals surface area (Å²) in [7, 11) is -2.90. The van der Waals surface area contributed by atoms with Crippen LogP contribution < -0.4 is 0 Å². The zero-order valence-corrected chi connectivity index (χ0v) is 12.9. The summed E-state index contributed by atoms with van der Waals surface area (Å²) < 4.78 is 22.3. The normalized spacial score (nSPS) is 24.9. The van der Waals surface area contributed by atoms with Crippen LogP contribution in [-0.2, 0) is 14.6 Å². The molecule has 1 heterocycles. The predicted molar refractivity (Wildman–Crippen MR) is 79.2 cm³/mol. The van der Waals surface area contributed by atoms with Gasteiger partial charge in [0.15, 0.2) is 0 Å². The van der Waals surface area contributed by atoms with E-state index in [-0.39, 0.29) is 17.6 Å². The van der Waals surface area contributed by atoms with Crippen LogP contribution >= 0.6 is 0 Å². The second kappa shape index (κ2) is 6.72. The van der Waals surface area contributed by atoms with E-state index < -0.39 is 9.84 Å². The van der Waals surface area contributed by atoms with E-state index in [0.29, 0.717) is 6.54 Å². The summed E-state index contributed by atoms with van der Waals surface area (Å²) in [5, 5.41) is 0. The van der Waals surface area contributed by atoms with Crippen LogP contribution in [0.4, 0.5) is 0 Å². The Morgan fingerprint density at radius 2 is 1.90 bits per heavy atom. The van der Waals surface area contributed by atoms with Gasteiger partial charge in [0.25, 0.3) is 0 Å². The van der Waals surface area contributed by atoms with Gasteiger partial charge in [-0.1, -0.05) is 12.2 Å². The summed E-state index contributed by atoms with van der Waals surface area (Å²) in [5.74, 6) is 0.633. The average Bonchev–Trinajstić information content (AvgIpc) is 2.45. The van der Waals surface area contributed by atoms with Gasteiger partial charge in [0, 0.05) is 44.9 Å². The quantitative estimate of drug-likeness (QED) is 0.711. The molecule has 0 radical (unpaired) electrons. The number of sulfone groups is 1. The smallest absolute Gasteiger partial charge is 0.226 e. The molecule has 0 aromatic rings. The Morgan fingerprint density at radius 3 is 2.45 bits per heavy atom. The molecule has 20 heavy (non-hydrogen) atoms. The van der Waals surface area contributed by atoms with Crippen molar-refractivity contribution in [2.75, 3.05) is 44.7 Å². The van der Waals surface area contributed by atoms with E-state index in [1.807, 2.05) is 4.90 Å². The van der Waals surface area contributed by atoms with Crippen LogP contribution in [0.1, 0.15) is 19.3 Å². The second-order valence-corrected chi connectivity index (χ2v) is 8.04. The first-order valence-electron chi connectivity index (χ1n) is 7.29. The molecule has 0 aromatic carbocycles. The highest BCUT2D eigenvalue weighted by Gasteiger charge is 2.27. The minimum Gasteiger partial charge on any atom is -0.340 e. The first-order chi connectivity index (χ1) is 9.46. The lowest BCUT2D eigenvalue weighted by Gasteiger charge is -2.36. The molecule has 5 nitrogen and oxygen atoms in total. The molecule has 1 saturated heterocycles. The van der Waals surface area contributed by atoms with E-state index in [1.54, 1.807) is 0 Å². The van der Waals surface area contributed by atoms with Gasteiger partial charge in [-0.3, -0.25) is 9.69 Å². The molecule has 0 bridgehead atoms. The summed E-state index contributed by atoms with van der Waals surface area (Å²) in [6.07, 6.45) is 8.35. The van der Waals surface area contributed by atoms with Crippen molar-refractivity contribution >= 4 is 15.7 Å². The van der Waals surface area contributed by atoms with Crippen LogP contribution in [0.5, 0.6) is 0 Å². The van der Waals surface area contributed by atoms with Gasteiger partial charge in [-0.25, -0.2) is 8.42 Å². The van der Waals surface area contributed by atoms with Crippen LogP contribution in [0.3, 0.4) is 0 Å². The average molecular weight is 300 g/mol. The fraction of sp³-hybridized carbons (Fsp3) is 0.786. The maximum absolute atomic E-state index is 12.4. The van der Waals surface area contributed by atoms with Crippen molar-refractivity contribution in [1.82, 2.24) is 9.80 Å². The number of amides is 1. The van der Waals surface area contributed by atoms with Crippen LogP contribution in [-0.4, -0.2) is 68.9 Å². The summed E-state index contributed by atoms with van der Waals surface area (Å²) in [6, 6.07) is 0. The van der Waals surface area contributed by atoms with Crippen LogP contribution in [0.15, 0.2) is 12.2 Å². The molecular weight excluding hydrogens is 276 g/mol. The molecule has 0 saturated carbocycles. The van der Waals surface area contributed by atoms with Gasteiger partial charge in [-0.2, -0.15) is 0 Å². The Bertz CT molecular complexity index is 465. The summed E-state index contributed by atoms with van der Waals surface area (Å²) in [5.41, 5.74) is 0. The van der Waals surface area contributed by atoms with Gasteiger partial charge in [0.05, 0.1) is 5.75 Å². The number of hydrogen-bond donors (Lipinski definition) is 0. The van der Waals surface area contributed by atoms with Crippen LogP contribution in [0, 0.1) is 5.92 Å². The molecule has 1 amide bonds. The van der Waals surface area contributed by atoms with Gasteiger partial charge in [0.2, 0.25) is 5.91 Å². The number of piperazine rings is 1. The molecule has 2 aliphatic rings. The maximum Gasteiger partial charge on any atom is 0.226 e. The molecule has 114 valence electrons. The predicted octanol–water partition coefficient (Wildman–Crippen LogP) is 0.532. The van der Waals surface area contributed by atoms with Crippen molar-refractivity contribution in [2.24, 2.45) is 5.92 Å². The minimum absolute atomic E-state index is 0.155. The molecule has 1 aliphatic heterocycles. The van der Waals surface area contributed by atoms with E-state index in [1.165, 1.54) is 6.26 Å².